The molecule has 0 bridgehead atoms. The van der Waals surface area contributed by atoms with Gasteiger partial charge in [-0.3, -0.25) is 4.98 Å². The molecule has 2 N–H and O–H groups in total. The number of aromatic nitrogens is 1. The van der Waals surface area contributed by atoms with Gasteiger partial charge in [0.05, 0.1) is 35.1 Å². The number of hydrogen-bond donors (Lipinski definition) is 2. The van der Waals surface area contributed by atoms with Crippen molar-refractivity contribution in [2.24, 2.45) is 0 Å². The van der Waals surface area contributed by atoms with Gasteiger partial charge in [-0.1, -0.05) is 29.8 Å². The van der Waals surface area contributed by atoms with Gasteiger partial charge in [0.25, 0.3) is 0 Å². The summed E-state index contributed by atoms with van der Waals surface area (Å²) in [5, 5.41) is 13.7. The fraction of sp³-hybridized carbons (Fsp3) is 0.115. The zero-order valence-electron chi connectivity index (χ0n) is 18.5. The number of halogens is 1. The van der Waals surface area contributed by atoms with Crippen molar-refractivity contribution in [2.75, 3.05) is 12.0 Å². The number of para-hydroxylation sites is 2. The van der Waals surface area contributed by atoms with Crippen LogP contribution in [0, 0.1) is 0 Å². The van der Waals surface area contributed by atoms with Gasteiger partial charge in [-0.05, 0) is 66.8 Å². The number of anilines is 1. The molecule has 1 aliphatic rings. The van der Waals surface area contributed by atoms with Crippen molar-refractivity contribution in [3.8, 4) is 17.1 Å². The molecule has 0 radical (unpaired) electrons. The van der Waals surface area contributed by atoms with E-state index in [0.717, 1.165) is 11.4 Å². The molecule has 4 aromatic rings. The quantitative estimate of drug-likeness (QED) is 0.314. The number of aromatic carboxylic acids is 1. The summed E-state index contributed by atoms with van der Waals surface area (Å²) in [5.74, 6) is 0.668. The first-order valence-corrected chi connectivity index (χ1v) is 11.5. The fourth-order valence-corrected chi connectivity index (χ4v) is 4.79. The minimum Gasteiger partial charge on any atom is -0.495 e. The molecule has 35 heavy (non-hydrogen) atoms. The Morgan fingerprint density at radius 1 is 1.14 bits per heavy atom. The minimum absolute atomic E-state index is 0.119. The monoisotopic (exact) mass is 505 g/mol. The van der Waals surface area contributed by atoms with Gasteiger partial charge < -0.3 is 24.5 Å². The van der Waals surface area contributed by atoms with Crippen LogP contribution in [0.3, 0.4) is 0 Å². The average Bonchev–Trinajstić information content (AvgIpc) is 3.49. The maximum Gasteiger partial charge on any atom is 0.335 e. The Morgan fingerprint density at radius 3 is 2.69 bits per heavy atom. The Bertz CT molecular complexity index is 1410. The molecule has 1 saturated heterocycles. The van der Waals surface area contributed by atoms with Crippen molar-refractivity contribution in [2.45, 2.75) is 12.1 Å². The van der Waals surface area contributed by atoms with E-state index in [-0.39, 0.29) is 11.6 Å². The number of carboxylic acids is 1. The van der Waals surface area contributed by atoms with Crippen molar-refractivity contribution in [3.63, 3.8) is 0 Å². The third-order valence-corrected chi connectivity index (χ3v) is 6.48. The molecule has 9 heteroatoms. The van der Waals surface area contributed by atoms with E-state index in [2.05, 4.69) is 10.3 Å². The van der Waals surface area contributed by atoms with Crippen LogP contribution in [0.15, 0.2) is 83.4 Å². The number of hydrogen-bond acceptors (Lipinski definition) is 5. The van der Waals surface area contributed by atoms with Crippen LogP contribution in [0.25, 0.3) is 11.3 Å². The number of carbonyl (C=O) groups is 1. The van der Waals surface area contributed by atoms with Gasteiger partial charge in [0, 0.05) is 11.8 Å². The number of methoxy groups -OCH3 is 1. The number of thiocarbonyl (C=S) groups is 1. The SMILES string of the molecule is COc1ccccc1N1C(=S)N[C@@H](c2ccccn2)[C@@H]1c1ccc(-c2cc(C(=O)O)ccc2Cl)o1. The van der Waals surface area contributed by atoms with Gasteiger partial charge in [0.15, 0.2) is 5.11 Å². The van der Waals surface area contributed by atoms with E-state index in [0.29, 0.717) is 33.0 Å². The summed E-state index contributed by atoms with van der Waals surface area (Å²) >= 11 is 12.1. The average molecular weight is 506 g/mol. The fourth-order valence-electron chi connectivity index (χ4n) is 4.24. The molecule has 3 heterocycles. The third kappa shape index (κ3) is 4.22. The highest BCUT2D eigenvalue weighted by molar-refractivity contribution is 7.80. The molecule has 2 aromatic heterocycles. The number of nitrogens with one attached hydrogen (secondary N) is 1. The molecular weight excluding hydrogens is 486 g/mol. The Morgan fingerprint density at radius 2 is 1.94 bits per heavy atom. The molecule has 5 rings (SSSR count). The van der Waals surface area contributed by atoms with Crippen molar-refractivity contribution in [1.29, 1.82) is 0 Å². The lowest BCUT2D eigenvalue weighted by atomic mass is 10.0. The van der Waals surface area contributed by atoms with Gasteiger partial charge in [0.1, 0.15) is 23.3 Å². The second-order valence-electron chi connectivity index (χ2n) is 7.87. The molecule has 0 aliphatic carbocycles. The second kappa shape index (κ2) is 9.40. The highest BCUT2D eigenvalue weighted by Gasteiger charge is 2.43. The van der Waals surface area contributed by atoms with Gasteiger partial charge in [-0.2, -0.15) is 0 Å². The second-order valence-corrected chi connectivity index (χ2v) is 8.66. The molecule has 2 aromatic carbocycles. The van der Waals surface area contributed by atoms with Crippen molar-refractivity contribution < 1.29 is 19.1 Å². The van der Waals surface area contributed by atoms with Gasteiger partial charge in [0.2, 0.25) is 0 Å². The first-order chi connectivity index (χ1) is 17.0. The first kappa shape index (κ1) is 22.9. The largest absolute Gasteiger partial charge is 0.495 e. The van der Waals surface area contributed by atoms with Crippen LogP contribution < -0.4 is 15.0 Å². The number of ether oxygens (including phenoxy) is 1. The standard InChI is InChI=1S/C26H20ClN3O4S/c1-33-21-8-3-2-7-19(21)30-24(23(29-26(30)35)18-6-4-5-13-28-18)22-12-11-20(34-22)16-14-15(25(31)32)9-10-17(16)27/h2-14,23-24H,1H3,(H,29,35)(H,31,32)/t23-,24-/m0/s1. The highest BCUT2D eigenvalue weighted by Crippen LogP contribution is 2.45. The topological polar surface area (TPSA) is 87.8 Å². The van der Waals surface area contributed by atoms with E-state index in [1.165, 1.54) is 12.1 Å². The summed E-state index contributed by atoms with van der Waals surface area (Å²) in [7, 11) is 1.61. The predicted molar refractivity (Wildman–Crippen MR) is 137 cm³/mol. The summed E-state index contributed by atoms with van der Waals surface area (Å²) in [4.78, 5) is 18.0. The van der Waals surface area contributed by atoms with Crippen LogP contribution >= 0.6 is 23.8 Å². The molecule has 1 fully saturated rings. The summed E-state index contributed by atoms with van der Waals surface area (Å²) in [6.07, 6.45) is 1.73. The summed E-state index contributed by atoms with van der Waals surface area (Å²) in [6.45, 7) is 0. The Kier molecular flexibility index (Phi) is 6.15. The molecule has 2 atom stereocenters. The van der Waals surface area contributed by atoms with Crippen LogP contribution in [0.2, 0.25) is 5.02 Å². The lowest BCUT2D eigenvalue weighted by molar-refractivity contribution is 0.0697. The van der Waals surface area contributed by atoms with Crippen molar-refractivity contribution in [3.05, 3.63) is 101 Å². The number of benzene rings is 2. The van der Waals surface area contributed by atoms with Gasteiger partial charge in [-0.25, -0.2) is 4.79 Å². The molecule has 0 amide bonds. The molecule has 0 spiro atoms. The van der Waals surface area contributed by atoms with E-state index in [1.807, 2.05) is 53.4 Å². The Hall–Kier alpha value is -3.88. The van der Waals surface area contributed by atoms with Crippen LogP contribution in [0.5, 0.6) is 5.75 Å². The number of nitrogens with zero attached hydrogens (tertiary/aromatic N) is 2. The molecule has 7 nitrogen and oxygen atoms in total. The molecule has 0 unspecified atom stereocenters. The maximum atomic E-state index is 11.5. The molecule has 1 aliphatic heterocycles. The number of rotatable bonds is 6. The first-order valence-electron chi connectivity index (χ1n) is 10.7. The predicted octanol–water partition coefficient (Wildman–Crippen LogP) is 5.88. The lowest BCUT2D eigenvalue weighted by Crippen LogP contribution is -2.29. The third-order valence-electron chi connectivity index (χ3n) is 5.84. The molecular formula is C26H20ClN3O4S. The van der Waals surface area contributed by atoms with Gasteiger partial charge in [-0.15, -0.1) is 0 Å². The minimum atomic E-state index is -1.04. The summed E-state index contributed by atoms with van der Waals surface area (Å²) < 4.78 is 11.9. The lowest BCUT2D eigenvalue weighted by Gasteiger charge is -2.27. The summed E-state index contributed by atoms with van der Waals surface area (Å²) in [6, 6.07) is 20.7. The van der Waals surface area contributed by atoms with Crippen LogP contribution in [-0.2, 0) is 0 Å². The smallest absolute Gasteiger partial charge is 0.335 e. The van der Waals surface area contributed by atoms with E-state index in [4.69, 9.17) is 33.0 Å². The van der Waals surface area contributed by atoms with Crippen molar-refractivity contribution in [1.82, 2.24) is 10.3 Å². The Labute approximate surface area is 211 Å². The zero-order chi connectivity index (χ0) is 24.5. The van der Waals surface area contributed by atoms with Gasteiger partial charge >= 0.3 is 5.97 Å². The normalized spacial score (nSPS) is 17.3. The molecule has 176 valence electrons. The number of carboxylic acid groups (broad SMARTS) is 1. The number of furan rings is 1. The zero-order valence-corrected chi connectivity index (χ0v) is 20.1. The summed E-state index contributed by atoms with van der Waals surface area (Å²) in [5.41, 5.74) is 2.18. The number of pyridine rings is 1. The Balaban J connectivity index is 1.63. The van der Waals surface area contributed by atoms with Crippen LogP contribution in [0.1, 0.15) is 33.9 Å². The van der Waals surface area contributed by atoms with E-state index < -0.39 is 12.0 Å². The van der Waals surface area contributed by atoms with E-state index in [9.17, 15) is 9.90 Å². The van der Waals surface area contributed by atoms with E-state index in [1.54, 1.807) is 25.4 Å². The highest BCUT2D eigenvalue weighted by atomic mass is 35.5. The van der Waals surface area contributed by atoms with Crippen molar-refractivity contribution >= 4 is 40.6 Å². The van der Waals surface area contributed by atoms with E-state index >= 15 is 0 Å². The maximum absolute atomic E-state index is 11.5. The van der Waals surface area contributed by atoms with Crippen LogP contribution in [0.4, 0.5) is 5.69 Å². The van der Waals surface area contributed by atoms with Crippen LogP contribution in [-0.4, -0.2) is 28.3 Å². The molecule has 0 saturated carbocycles.